The van der Waals surface area contributed by atoms with E-state index in [1.165, 1.54) is 273 Å². The van der Waals surface area contributed by atoms with Gasteiger partial charge in [0.2, 0.25) is 0 Å². The minimum Gasteiger partial charge on any atom is -0.309 e. The predicted octanol–water partition coefficient (Wildman–Crippen LogP) is 38.7. The van der Waals surface area contributed by atoms with Crippen LogP contribution < -0.4 is 0 Å². The number of nitrogens with zero attached hydrogens (tertiary/aromatic N) is 3. The van der Waals surface area contributed by atoms with Gasteiger partial charge in [-0.2, -0.15) is 0 Å². The van der Waals surface area contributed by atoms with Gasteiger partial charge in [-0.15, -0.1) is 0 Å². The van der Waals surface area contributed by atoms with Crippen LogP contribution in [0.5, 0.6) is 0 Å². The van der Waals surface area contributed by atoms with Gasteiger partial charge in [-0.1, -0.05) is 437 Å². The normalized spacial score (nSPS) is 11.8. The second-order valence-corrected chi connectivity index (χ2v) is 37.9. The molecule has 0 unspecified atom stereocenters. The summed E-state index contributed by atoms with van der Waals surface area (Å²) in [4.78, 5) is 0. The van der Waals surface area contributed by atoms with Gasteiger partial charge in [0.05, 0.1) is 38.8 Å². The molecule has 0 amide bonds. The van der Waals surface area contributed by atoms with Gasteiger partial charge in [0.15, 0.2) is 0 Å². The third-order valence-corrected chi connectivity index (χ3v) is 30.0. The Balaban J connectivity index is 0.000000105. The van der Waals surface area contributed by atoms with Crippen molar-refractivity contribution in [1.29, 1.82) is 0 Å². The molecule has 0 N–H and O–H groups in total. The summed E-state index contributed by atoms with van der Waals surface area (Å²) in [6.45, 7) is 0. The van der Waals surface area contributed by atoms with Crippen molar-refractivity contribution < 1.29 is 0 Å². The fourth-order valence-electron chi connectivity index (χ4n) is 23.6. The Morgan fingerprint density at radius 3 is 0.664 bits per heavy atom. The number of hydrogen-bond donors (Lipinski definition) is 0. The monoisotopic (exact) mass is 1810 g/mol. The Labute approximate surface area is 826 Å². The maximum Gasteiger partial charge on any atom is 0.0541 e. The summed E-state index contributed by atoms with van der Waals surface area (Å²) in [7, 11) is 0. The lowest BCUT2D eigenvalue weighted by Gasteiger charge is -2.18. The van der Waals surface area contributed by atoms with Crippen LogP contribution in [0.3, 0.4) is 0 Å². The van der Waals surface area contributed by atoms with E-state index in [1.807, 2.05) is 0 Å². The lowest BCUT2D eigenvalue weighted by Crippen LogP contribution is -1.95. The van der Waals surface area contributed by atoms with E-state index < -0.39 is 0 Å². The van der Waals surface area contributed by atoms with Crippen molar-refractivity contribution in [1.82, 2.24) is 13.7 Å². The van der Waals surface area contributed by atoms with Crippen molar-refractivity contribution in [3.8, 4) is 95.0 Å². The number of hydrogen-bond acceptors (Lipinski definition) is 0. The Bertz CT molecular complexity index is 10300. The van der Waals surface area contributed by atoms with Gasteiger partial charge in [-0.25, -0.2) is 0 Å². The van der Waals surface area contributed by atoms with Crippen LogP contribution in [-0.2, 0) is 0 Å². The third-order valence-electron chi connectivity index (χ3n) is 30.0. The van der Waals surface area contributed by atoms with Gasteiger partial charge in [-0.05, 0) is 294 Å². The van der Waals surface area contributed by atoms with Crippen molar-refractivity contribution in [3.63, 3.8) is 0 Å². The van der Waals surface area contributed by atoms with Crippen LogP contribution in [0.25, 0.3) is 279 Å². The van der Waals surface area contributed by atoms with E-state index in [4.69, 9.17) is 0 Å². The molecular formula is C140H89N3. The number of benzene rings is 27. The molecule has 0 bridgehead atoms. The molecule has 3 nitrogen and oxygen atoms in total. The number of aromatic nitrogens is 3. The van der Waals surface area contributed by atoms with Crippen molar-refractivity contribution in [2.45, 2.75) is 0 Å². The third kappa shape index (κ3) is 13.8. The molecule has 30 rings (SSSR count). The lowest BCUT2D eigenvalue weighted by atomic mass is 9.85. The molecule has 143 heavy (non-hydrogen) atoms. The first-order valence-electron chi connectivity index (χ1n) is 49.5. The SMILES string of the molecule is c1ccc(-c2ccc(-n3c4ccccc4c4cc(-c5c6ccccc6c(-c6ccc7ccccc7c6)c6ccccc56)ccc43)cc2)cc1.c1ccc2cc(-c3c4ccccc4c(-c4ccc5c(c4)c4ccccc4n5-c4ccc5ccccc5c4)c4ccccc34)ccc2c1.c1ccc2cc(-c3c4ccccc4c(-c4ccc5c(c4)c4ccccc4n5-c4cccc5ccccc45)c4ccccc34)ccc2c1. The minimum absolute atomic E-state index is 1.16. The summed E-state index contributed by atoms with van der Waals surface area (Å²) in [5, 5.41) is 35.4. The summed E-state index contributed by atoms with van der Waals surface area (Å²) < 4.78 is 7.26. The minimum atomic E-state index is 1.16. The summed E-state index contributed by atoms with van der Waals surface area (Å²) >= 11 is 0. The van der Waals surface area contributed by atoms with Crippen LogP contribution in [0, 0.1) is 0 Å². The Morgan fingerprint density at radius 1 is 0.0979 bits per heavy atom. The van der Waals surface area contributed by atoms with Crippen molar-refractivity contribution in [2.75, 3.05) is 0 Å². The zero-order chi connectivity index (χ0) is 94.1. The average molecular weight is 1810 g/mol. The molecule has 0 fully saturated rings. The van der Waals surface area contributed by atoms with Gasteiger partial charge in [-0.3, -0.25) is 0 Å². The fourth-order valence-corrected chi connectivity index (χ4v) is 23.6. The maximum absolute atomic E-state index is 2.44. The summed E-state index contributed by atoms with van der Waals surface area (Å²) in [5.74, 6) is 0. The Kier molecular flexibility index (Phi) is 19.7. The standard InChI is InChI=1S/C48H31N.2C46H29N/c1-2-12-32(13-3-1)34-24-27-38(28-25-34)49-45-21-11-10-16-39(45)44-31-37(26-29-46(44)49)48-42-19-8-6-17-40(42)47(41-18-7-9-20-43(41)48)36-23-22-33-14-4-5-15-35(33)30-36;1-3-13-32-27-34(22-21-30(32)11-1)45-38-16-5-7-18-40(38)46(41-19-8-6-17-39(41)45)35-24-26-44-42(29-35)37-15-9-10-20-43(37)47(44)36-25-23-31-12-2-4-14-33(31)28-36;1-2-14-32-28-33(25-24-30(32)12-1)45-37-18-5-7-20-39(37)46(40-21-8-6-19-38(40)45)34-26-27-44-41(29-34)36-17-9-10-22-43(36)47(44)42-23-11-15-31-13-3-4-16-35(31)42/h1-31H;2*1-29H. The Morgan fingerprint density at radius 2 is 0.315 bits per heavy atom. The summed E-state index contributed by atoms with van der Waals surface area (Å²) in [5.41, 5.74) is 28.4. The maximum atomic E-state index is 2.44. The van der Waals surface area contributed by atoms with Crippen molar-refractivity contribution >= 4 is 184 Å². The average Bonchev–Trinajstić information content (AvgIpc) is 1.69. The van der Waals surface area contributed by atoms with E-state index in [0.717, 1.165) is 5.69 Å². The molecule has 0 spiro atoms. The molecule has 0 saturated carbocycles. The first-order chi connectivity index (χ1) is 71.0. The van der Waals surface area contributed by atoms with E-state index in [2.05, 4.69) is 554 Å². The van der Waals surface area contributed by atoms with Crippen LogP contribution in [0.4, 0.5) is 0 Å². The highest BCUT2D eigenvalue weighted by atomic mass is 15.0. The van der Waals surface area contributed by atoms with Crippen molar-refractivity contribution in [3.05, 3.63) is 540 Å². The highest BCUT2D eigenvalue weighted by Crippen LogP contribution is 2.52. The second-order valence-electron chi connectivity index (χ2n) is 37.9. The first kappa shape index (κ1) is 82.5. The van der Waals surface area contributed by atoms with E-state index in [0.29, 0.717) is 0 Å². The summed E-state index contributed by atoms with van der Waals surface area (Å²) in [6.07, 6.45) is 0. The van der Waals surface area contributed by atoms with Crippen LogP contribution in [-0.4, -0.2) is 13.7 Å². The van der Waals surface area contributed by atoms with Gasteiger partial charge in [0.25, 0.3) is 0 Å². The molecule has 0 aliphatic heterocycles. The van der Waals surface area contributed by atoms with Gasteiger partial charge in [0, 0.05) is 49.1 Å². The molecule has 0 aliphatic rings. The zero-order valence-corrected chi connectivity index (χ0v) is 78.2. The molecule has 3 heterocycles. The van der Waals surface area contributed by atoms with Crippen molar-refractivity contribution in [2.24, 2.45) is 0 Å². The molecule has 0 atom stereocenters. The molecule has 0 aliphatic carbocycles. The van der Waals surface area contributed by atoms with E-state index in [1.54, 1.807) is 0 Å². The molecule has 3 aromatic heterocycles. The quantitative estimate of drug-likeness (QED) is 0.121. The van der Waals surface area contributed by atoms with Crippen LogP contribution in [0.2, 0.25) is 0 Å². The van der Waals surface area contributed by atoms with Gasteiger partial charge < -0.3 is 13.7 Å². The van der Waals surface area contributed by atoms with Gasteiger partial charge >= 0.3 is 0 Å². The topological polar surface area (TPSA) is 14.8 Å². The first-order valence-corrected chi connectivity index (χ1v) is 49.5. The molecular weight excluding hydrogens is 1720 g/mol. The lowest BCUT2D eigenvalue weighted by molar-refractivity contribution is 1.18. The highest BCUT2D eigenvalue weighted by Gasteiger charge is 2.26. The molecule has 3 heteroatoms. The largest absolute Gasteiger partial charge is 0.309 e. The number of para-hydroxylation sites is 3. The zero-order valence-electron chi connectivity index (χ0n) is 78.2. The van der Waals surface area contributed by atoms with Crippen LogP contribution in [0.15, 0.2) is 540 Å². The number of rotatable bonds is 10. The fraction of sp³-hybridized carbons (Fsp3) is 0. The molecule has 0 saturated heterocycles. The second kappa shape index (κ2) is 34.1. The number of fused-ring (bicyclic) bond motifs is 20. The molecule has 30 aromatic rings. The summed E-state index contributed by atoms with van der Waals surface area (Å²) in [6, 6.07) is 198. The predicted molar refractivity (Wildman–Crippen MR) is 613 cm³/mol. The van der Waals surface area contributed by atoms with E-state index in [9.17, 15) is 0 Å². The molecule has 0 radical (unpaired) electrons. The highest BCUT2D eigenvalue weighted by molar-refractivity contribution is 6.27. The van der Waals surface area contributed by atoms with Gasteiger partial charge in [0.1, 0.15) is 0 Å². The smallest absolute Gasteiger partial charge is 0.0541 e. The molecule has 664 valence electrons. The molecule has 27 aromatic carbocycles. The van der Waals surface area contributed by atoms with Crippen LogP contribution >= 0.6 is 0 Å². The van der Waals surface area contributed by atoms with Crippen LogP contribution in [0.1, 0.15) is 0 Å². The van der Waals surface area contributed by atoms with E-state index in [-0.39, 0.29) is 0 Å². The Hall–Kier alpha value is -18.8. The van der Waals surface area contributed by atoms with E-state index >= 15 is 0 Å².